The van der Waals surface area contributed by atoms with Gasteiger partial charge in [-0.2, -0.15) is 0 Å². The highest BCUT2D eigenvalue weighted by Gasteiger charge is 2.68. The summed E-state index contributed by atoms with van der Waals surface area (Å²) < 4.78 is 42.2. The van der Waals surface area contributed by atoms with Crippen LogP contribution in [0.1, 0.15) is 112 Å². The molecule has 8 aliphatic rings. The van der Waals surface area contributed by atoms with E-state index in [0.29, 0.717) is 18.4 Å². The summed E-state index contributed by atoms with van der Waals surface area (Å²) >= 11 is 0. The third-order valence-corrected chi connectivity index (χ3v) is 15.9. The Balaban J connectivity index is 0.826. The number of hydrogen-bond donors (Lipinski definition) is 5. The van der Waals surface area contributed by atoms with Gasteiger partial charge in [-0.3, -0.25) is 0 Å². The predicted octanol–water partition coefficient (Wildman–Crippen LogP) is 3.25. The lowest BCUT2D eigenvalue weighted by molar-refractivity contribution is -0.336. The number of hydrogen-bond acceptors (Lipinski definition) is 13. The first-order chi connectivity index (χ1) is 25.6. The molecule has 13 heteroatoms. The molecular weight excluding hydrogens is 700 g/mol. The summed E-state index contributed by atoms with van der Waals surface area (Å²) in [5.41, 5.74) is 0.215. The van der Waals surface area contributed by atoms with Crippen molar-refractivity contribution < 1.29 is 63.5 Å². The van der Waals surface area contributed by atoms with Crippen molar-refractivity contribution in [3.63, 3.8) is 0 Å². The molecule has 3 saturated heterocycles. The second-order valence-corrected chi connectivity index (χ2v) is 18.7. The van der Waals surface area contributed by atoms with E-state index in [1.54, 1.807) is 19.9 Å². The van der Waals surface area contributed by atoms with Crippen molar-refractivity contribution in [2.45, 2.75) is 197 Å². The Labute approximate surface area is 319 Å². The van der Waals surface area contributed by atoms with Crippen LogP contribution in [0.25, 0.3) is 0 Å². The highest BCUT2D eigenvalue weighted by atomic mass is 16.7. The van der Waals surface area contributed by atoms with Crippen molar-refractivity contribution >= 4 is 5.97 Å². The van der Waals surface area contributed by atoms with Gasteiger partial charge in [0.15, 0.2) is 18.9 Å². The molecule has 13 nitrogen and oxygen atoms in total. The van der Waals surface area contributed by atoms with Crippen LogP contribution >= 0.6 is 0 Å². The molecule has 0 amide bonds. The molecule has 5 N–H and O–H groups in total. The number of ether oxygens (including phenoxy) is 7. The maximum Gasteiger partial charge on any atom is 0.331 e. The zero-order chi connectivity index (χ0) is 38.3. The normalized spacial score (nSPS) is 55.0. The molecule has 18 unspecified atom stereocenters. The standard InChI is InChI=1S/C41H64O13/c1-20-36(46)29(42)16-34(49-20)53-38-22(3)51-35(18-31(38)44)54-37-21(2)50-33(17-30(37)43)52-25-8-11-39(4)24(15-25)6-7-28-27(39)9-12-40(5)26(10-13-41(28,40)47)23-14-32(45)48-19-23/h14,20-22,24-31,33-38,42-44,46-47H,6-13,15-19H2,1-5H3/t20?,21?,22?,24-,25+,26?,27?,28?,29?,30?,31?,33?,34?,35?,36?,37?,38?,39?,40?,41?/m1/s1. The van der Waals surface area contributed by atoms with Gasteiger partial charge in [0.1, 0.15) is 24.9 Å². The number of aliphatic hydroxyl groups excluding tert-OH is 4. The topological polar surface area (TPSA) is 183 Å². The van der Waals surface area contributed by atoms with E-state index < -0.39 is 79.4 Å². The van der Waals surface area contributed by atoms with Crippen LogP contribution in [-0.2, 0) is 38.0 Å². The van der Waals surface area contributed by atoms with Crippen LogP contribution in [0.5, 0.6) is 0 Å². The minimum Gasteiger partial charge on any atom is -0.458 e. The molecule has 0 spiro atoms. The van der Waals surface area contributed by atoms with Crippen molar-refractivity contribution in [3.05, 3.63) is 11.6 Å². The van der Waals surface area contributed by atoms with Crippen molar-refractivity contribution in [1.29, 1.82) is 0 Å². The van der Waals surface area contributed by atoms with E-state index >= 15 is 0 Å². The highest BCUT2D eigenvalue weighted by Crippen LogP contribution is 2.70. The zero-order valence-electron chi connectivity index (χ0n) is 32.6. The molecule has 0 aromatic rings. The van der Waals surface area contributed by atoms with Gasteiger partial charge in [0.05, 0.1) is 48.3 Å². The number of rotatable bonds is 7. The van der Waals surface area contributed by atoms with E-state index in [-0.39, 0.29) is 54.0 Å². The third kappa shape index (κ3) is 6.82. The number of cyclic esters (lactones) is 1. The maximum absolute atomic E-state index is 12.6. The minimum atomic E-state index is -0.996. The maximum atomic E-state index is 12.6. The Morgan fingerprint density at radius 2 is 1.30 bits per heavy atom. The van der Waals surface area contributed by atoms with Crippen molar-refractivity contribution in [2.24, 2.45) is 34.5 Å². The molecule has 306 valence electrons. The minimum absolute atomic E-state index is 0.0243. The lowest BCUT2D eigenvalue weighted by Gasteiger charge is -2.64. The number of fused-ring (bicyclic) bond motifs is 5. The van der Waals surface area contributed by atoms with Crippen LogP contribution in [0.3, 0.4) is 0 Å². The Hall–Kier alpha value is -1.23. The van der Waals surface area contributed by atoms with Crippen LogP contribution in [0, 0.1) is 34.5 Å². The van der Waals surface area contributed by atoms with Gasteiger partial charge >= 0.3 is 5.97 Å². The molecule has 4 aliphatic heterocycles. The largest absolute Gasteiger partial charge is 0.458 e. The molecule has 4 saturated carbocycles. The Morgan fingerprint density at radius 3 is 1.89 bits per heavy atom. The van der Waals surface area contributed by atoms with E-state index in [4.69, 9.17) is 33.2 Å². The first kappa shape index (κ1) is 39.6. The summed E-state index contributed by atoms with van der Waals surface area (Å²) in [7, 11) is 0. The van der Waals surface area contributed by atoms with Crippen LogP contribution in [0.4, 0.5) is 0 Å². The van der Waals surface area contributed by atoms with Crippen molar-refractivity contribution in [1.82, 2.24) is 0 Å². The van der Waals surface area contributed by atoms with Gasteiger partial charge < -0.3 is 58.7 Å². The van der Waals surface area contributed by atoms with Crippen LogP contribution < -0.4 is 0 Å². The molecule has 0 aromatic carbocycles. The van der Waals surface area contributed by atoms with E-state index in [1.165, 1.54) is 0 Å². The smallest absolute Gasteiger partial charge is 0.331 e. The first-order valence-electron chi connectivity index (χ1n) is 20.8. The molecule has 0 bridgehead atoms. The summed E-state index contributed by atoms with van der Waals surface area (Å²) in [4.78, 5) is 11.9. The molecule has 7 fully saturated rings. The molecule has 0 radical (unpaired) electrons. The Kier molecular flexibility index (Phi) is 10.9. The van der Waals surface area contributed by atoms with E-state index in [1.807, 2.05) is 6.92 Å². The van der Waals surface area contributed by atoms with Crippen LogP contribution in [0.2, 0.25) is 0 Å². The van der Waals surface area contributed by atoms with Gasteiger partial charge in [0.25, 0.3) is 0 Å². The van der Waals surface area contributed by atoms with Gasteiger partial charge in [0.2, 0.25) is 0 Å². The van der Waals surface area contributed by atoms with E-state index in [0.717, 1.165) is 63.4 Å². The van der Waals surface area contributed by atoms with Gasteiger partial charge in [-0.25, -0.2) is 4.79 Å². The quantitative estimate of drug-likeness (QED) is 0.188. The van der Waals surface area contributed by atoms with Gasteiger partial charge in [0, 0.05) is 30.8 Å². The molecule has 8 rings (SSSR count). The molecule has 4 aliphatic carbocycles. The average molecular weight is 765 g/mol. The number of carbonyl (C=O) groups is 1. The summed E-state index contributed by atoms with van der Waals surface area (Å²) in [6.07, 6.45) is 1.90. The monoisotopic (exact) mass is 764 g/mol. The van der Waals surface area contributed by atoms with Gasteiger partial charge in [-0.1, -0.05) is 13.8 Å². The fraction of sp³-hybridized carbons (Fsp3) is 0.927. The molecule has 4 heterocycles. The third-order valence-electron chi connectivity index (χ3n) is 15.9. The average Bonchev–Trinajstić information content (AvgIpc) is 3.66. The molecule has 0 aromatic heterocycles. The molecule has 54 heavy (non-hydrogen) atoms. The van der Waals surface area contributed by atoms with E-state index in [9.17, 15) is 30.3 Å². The molecular formula is C41H64O13. The van der Waals surface area contributed by atoms with E-state index in [2.05, 4.69) is 13.8 Å². The van der Waals surface area contributed by atoms with Crippen LogP contribution in [0.15, 0.2) is 11.6 Å². The lowest BCUT2D eigenvalue weighted by atomic mass is 9.43. The van der Waals surface area contributed by atoms with Gasteiger partial charge in [-0.15, -0.1) is 0 Å². The highest BCUT2D eigenvalue weighted by molar-refractivity contribution is 5.85. The van der Waals surface area contributed by atoms with Crippen molar-refractivity contribution in [3.8, 4) is 0 Å². The van der Waals surface area contributed by atoms with Crippen LogP contribution in [-0.4, -0.2) is 124 Å². The zero-order valence-corrected chi connectivity index (χ0v) is 32.6. The first-order valence-corrected chi connectivity index (χ1v) is 20.8. The lowest BCUT2D eigenvalue weighted by Crippen LogP contribution is -2.62. The van der Waals surface area contributed by atoms with Gasteiger partial charge in [-0.05, 0) is 113 Å². The number of aliphatic hydroxyl groups is 5. The summed E-state index contributed by atoms with van der Waals surface area (Å²) in [5, 5.41) is 55.0. The second-order valence-electron chi connectivity index (χ2n) is 18.7. The summed E-state index contributed by atoms with van der Waals surface area (Å²) in [5.74, 6) is 1.13. The fourth-order valence-electron chi connectivity index (χ4n) is 12.8. The molecule has 20 atom stereocenters. The summed E-state index contributed by atoms with van der Waals surface area (Å²) in [6.45, 7) is 10.4. The Bertz CT molecular complexity index is 1370. The second kappa shape index (κ2) is 14.9. The number of esters is 1. The summed E-state index contributed by atoms with van der Waals surface area (Å²) in [6, 6.07) is 0. The van der Waals surface area contributed by atoms with Crippen molar-refractivity contribution in [2.75, 3.05) is 6.61 Å². The predicted molar refractivity (Wildman–Crippen MR) is 191 cm³/mol. The SMILES string of the molecule is CC1OC(OC2C(O)CC(OC3C(O)CC(O[C@H]4CCC5(C)C6CCC7(C)C(C8=CC(=O)OC8)CCC7(O)C6CC[C@@H]5C4)OC3C)OC2C)CC(O)C1O. The fourth-order valence-corrected chi connectivity index (χ4v) is 12.8. The Morgan fingerprint density at radius 1 is 0.685 bits per heavy atom. The number of carbonyl (C=O) groups excluding carboxylic acids is 1.